The molecule has 0 aromatic heterocycles. The maximum Gasteiger partial charge on any atom is 0.122 e. The Labute approximate surface area is 91.2 Å². The van der Waals surface area contributed by atoms with E-state index in [2.05, 4.69) is 6.58 Å². The highest BCUT2D eigenvalue weighted by Crippen LogP contribution is 2.26. The van der Waals surface area contributed by atoms with Crippen LogP contribution in [0.2, 0.25) is 0 Å². The molecular formula is C13H18O2. The van der Waals surface area contributed by atoms with Crippen molar-refractivity contribution in [2.75, 3.05) is 7.11 Å². The van der Waals surface area contributed by atoms with E-state index in [1.807, 2.05) is 32.0 Å². The molecule has 0 heterocycles. The molecule has 2 nitrogen and oxygen atoms in total. The number of aryl methyl sites for hydroxylation is 1. The minimum absolute atomic E-state index is 0.489. The third-order valence-corrected chi connectivity index (χ3v) is 2.36. The zero-order valence-corrected chi connectivity index (χ0v) is 9.58. The van der Waals surface area contributed by atoms with Gasteiger partial charge in [-0.3, -0.25) is 0 Å². The molecule has 0 amide bonds. The van der Waals surface area contributed by atoms with Crippen molar-refractivity contribution >= 4 is 0 Å². The maximum atomic E-state index is 9.89. The SMILES string of the molecule is C=C(C)CC(O)c1ccc(C)c(OC)c1. The second kappa shape index (κ2) is 4.99. The molecule has 1 rings (SSSR count). The molecule has 0 bridgehead atoms. The fourth-order valence-corrected chi connectivity index (χ4v) is 1.49. The standard InChI is InChI=1S/C13H18O2/c1-9(2)7-12(14)11-6-5-10(3)13(8-11)15-4/h5-6,8,12,14H,1,7H2,2-4H3. The molecule has 2 heteroatoms. The lowest BCUT2D eigenvalue weighted by Crippen LogP contribution is -1.99. The van der Waals surface area contributed by atoms with Crippen LogP contribution in [0.15, 0.2) is 30.4 Å². The van der Waals surface area contributed by atoms with Crippen LogP contribution in [0.3, 0.4) is 0 Å². The number of ether oxygens (including phenoxy) is 1. The van der Waals surface area contributed by atoms with Crippen LogP contribution in [0.1, 0.15) is 30.6 Å². The molecule has 0 aliphatic rings. The summed E-state index contributed by atoms with van der Waals surface area (Å²) in [5.74, 6) is 0.813. The normalized spacial score (nSPS) is 12.3. The van der Waals surface area contributed by atoms with Gasteiger partial charge in [-0.1, -0.05) is 17.7 Å². The fraction of sp³-hybridized carbons (Fsp3) is 0.385. The Balaban J connectivity index is 2.90. The lowest BCUT2D eigenvalue weighted by Gasteiger charge is -2.13. The smallest absolute Gasteiger partial charge is 0.122 e. The van der Waals surface area contributed by atoms with E-state index in [0.717, 1.165) is 22.4 Å². The van der Waals surface area contributed by atoms with Gasteiger partial charge >= 0.3 is 0 Å². The molecular weight excluding hydrogens is 188 g/mol. The summed E-state index contributed by atoms with van der Waals surface area (Å²) in [4.78, 5) is 0. The Kier molecular flexibility index (Phi) is 3.92. The van der Waals surface area contributed by atoms with Crippen molar-refractivity contribution in [3.8, 4) is 5.75 Å². The van der Waals surface area contributed by atoms with Gasteiger partial charge in [-0.15, -0.1) is 6.58 Å². The zero-order valence-electron chi connectivity index (χ0n) is 9.58. The molecule has 82 valence electrons. The molecule has 15 heavy (non-hydrogen) atoms. The van der Waals surface area contributed by atoms with E-state index in [1.165, 1.54) is 0 Å². The number of aliphatic hydroxyl groups is 1. The molecule has 1 atom stereocenters. The number of hydrogen-bond acceptors (Lipinski definition) is 2. The van der Waals surface area contributed by atoms with Gasteiger partial charge in [-0.05, 0) is 37.5 Å². The van der Waals surface area contributed by atoms with Crippen molar-refractivity contribution in [2.24, 2.45) is 0 Å². The van der Waals surface area contributed by atoms with E-state index in [-0.39, 0.29) is 0 Å². The summed E-state index contributed by atoms with van der Waals surface area (Å²) in [6.45, 7) is 7.68. The molecule has 0 fully saturated rings. The van der Waals surface area contributed by atoms with E-state index in [4.69, 9.17) is 4.74 Å². The summed E-state index contributed by atoms with van der Waals surface area (Å²) < 4.78 is 5.21. The average Bonchev–Trinajstić information content (AvgIpc) is 2.17. The van der Waals surface area contributed by atoms with Crippen molar-refractivity contribution in [1.29, 1.82) is 0 Å². The molecule has 0 saturated carbocycles. The summed E-state index contributed by atoms with van der Waals surface area (Å²) in [7, 11) is 1.64. The average molecular weight is 206 g/mol. The van der Waals surface area contributed by atoms with Gasteiger partial charge in [-0.2, -0.15) is 0 Å². The Morgan fingerprint density at radius 3 is 2.73 bits per heavy atom. The van der Waals surface area contributed by atoms with Crippen molar-refractivity contribution in [3.63, 3.8) is 0 Å². The first-order chi connectivity index (χ1) is 7.04. The third-order valence-electron chi connectivity index (χ3n) is 2.36. The molecule has 0 aliphatic carbocycles. The zero-order chi connectivity index (χ0) is 11.4. The second-order valence-electron chi connectivity index (χ2n) is 3.91. The summed E-state index contributed by atoms with van der Waals surface area (Å²) in [6, 6.07) is 5.75. The first-order valence-electron chi connectivity index (χ1n) is 5.01. The van der Waals surface area contributed by atoms with Gasteiger partial charge in [0, 0.05) is 0 Å². The summed E-state index contributed by atoms with van der Waals surface area (Å²) in [6.07, 6.45) is 0.101. The highest BCUT2D eigenvalue weighted by molar-refractivity contribution is 5.37. The molecule has 0 aliphatic heterocycles. The van der Waals surface area contributed by atoms with Crippen LogP contribution in [-0.4, -0.2) is 12.2 Å². The highest BCUT2D eigenvalue weighted by Gasteiger charge is 2.09. The van der Waals surface area contributed by atoms with E-state index >= 15 is 0 Å². The van der Waals surface area contributed by atoms with E-state index in [0.29, 0.717) is 6.42 Å². The van der Waals surface area contributed by atoms with Crippen LogP contribution in [0.5, 0.6) is 5.75 Å². The minimum Gasteiger partial charge on any atom is -0.496 e. The molecule has 1 unspecified atom stereocenters. The van der Waals surface area contributed by atoms with Crippen molar-refractivity contribution in [1.82, 2.24) is 0 Å². The van der Waals surface area contributed by atoms with Crippen LogP contribution in [0.4, 0.5) is 0 Å². The highest BCUT2D eigenvalue weighted by atomic mass is 16.5. The molecule has 1 N–H and O–H groups in total. The van der Waals surface area contributed by atoms with Gasteiger partial charge < -0.3 is 9.84 Å². The summed E-state index contributed by atoms with van der Waals surface area (Å²) in [5, 5.41) is 9.89. The van der Waals surface area contributed by atoms with E-state index < -0.39 is 6.10 Å². The Morgan fingerprint density at radius 2 is 2.20 bits per heavy atom. The first-order valence-corrected chi connectivity index (χ1v) is 5.01. The lowest BCUT2D eigenvalue weighted by molar-refractivity contribution is 0.178. The van der Waals surface area contributed by atoms with Gasteiger partial charge in [0.1, 0.15) is 5.75 Å². The topological polar surface area (TPSA) is 29.5 Å². The molecule has 1 aromatic carbocycles. The third kappa shape index (κ3) is 3.10. The summed E-state index contributed by atoms with van der Waals surface area (Å²) >= 11 is 0. The molecule has 1 aromatic rings. The molecule has 0 spiro atoms. The number of rotatable bonds is 4. The lowest BCUT2D eigenvalue weighted by atomic mass is 10.0. The van der Waals surface area contributed by atoms with Gasteiger partial charge in [0.15, 0.2) is 0 Å². The van der Waals surface area contributed by atoms with E-state index in [9.17, 15) is 5.11 Å². The van der Waals surface area contributed by atoms with Crippen molar-refractivity contribution in [2.45, 2.75) is 26.4 Å². The van der Waals surface area contributed by atoms with Gasteiger partial charge in [-0.25, -0.2) is 0 Å². The fourth-order valence-electron chi connectivity index (χ4n) is 1.49. The largest absolute Gasteiger partial charge is 0.496 e. The Morgan fingerprint density at radius 1 is 1.53 bits per heavy atom. The maximum absolute atomic E-state index is 9.89. The van der Waals surface area contributed by atoms with Crippen LogP contribution < -0.4 is 4.74 Å². The second-order valence-corrected chi connectivity index (χ2v) is 3.91. The van der Waals surface area contributed by atoms with Gasteiger partial charge in [0.25, 0.3) is 0 Å². The Bertz CT molecular complexity index is 356. The van der Waals surface area contributed by atoms with Gasteiger partial charge in [0.05, 0.1) is 13.2 Å². The van der Waals surface area contributed by atoms with Crippen LogP contribution >= 0.6 is 0 Å². The van der Waals surface area contributed by atoms with Crippen molar-refractivity contribution < 1.29 is 9.84 Å². The molecule has 0 radical (unpaired) electrons. The number of aliphatic hydroxyl groups excluding tert-OH is 1. The predicted octanol–water partition coefficient (Wildman–Crippen LogP) is 3.00. The van der Waals surface area contributed by atoms with Crippen LogP contribution in [0, 0.1) is 6.92 Å². The summed E-state index contributed by atoms with van der Waals surface area (Å²) in [5.41, 5.74) is 2.92. The quantitative estimate of drug-likeness (QED) is 0.767. The molecule has 0 saturated heterocycles. The number of methoxy groups -OCH3 is 1. The minimum atomic E-state index is -0.489. The number of benzene rings is 1. The first kappa shape index (κ1) is 11.8. The van der Waals surface area contributed by atoms with Gasteiger partial charge in [0.2, 0.25) is 0 Å². The van der Waals surface area contributed by atoms with E-state index in [1.54, 1.807) is 7.11 Å². The van der Waals surface area contributed by atoms with Crippen LogP contribution in [0.25, 0.3) is 0 Å². The monoisotopic (exact) mass is 206 g/mol. The van der Waals surface area contributed by atoms with Crippen LogP contribution in [-0.2, 0) is 0 Å². The Hall–Kier alpha value is -1.28. The number of hydrogen-bond donors (Lipinski definition) is 1. The predicted molar refractivity (Wildman–Crippen MR) is 62.1 cm³/mol. The van der Waals surface area contributed by atoms with Crippen molar-refractivity contribution in [3.05, 3.63) is 41.5 Å².